The first-order valence-corrected chi connectivity index (χ1v) is 30.2. The van der Waals surface area contributed by atoms with Crippen molar-refractivity contribution in [3.63, 3.8) is 0 Å². The molecular weight excluding hydrogens is 987 g/mol. The Morgan fingerprint density at radius 3 is 1.07 bits per heavy atom. The maximum absolute atomic E-state index is 12.1. The van der Waals surface area contributed by atoms with Crippen LogP contribution in [0.4, 0.5) is 0 Å². The van der Waals surface area contributed by atoms with Gasteiger partial charge in [-0.2, -0.15) is 0 Å². The lowest BCUT2D eigenvalue weighted by atomic mass is 9.96. The van der Waals surface area contributed by atoms with Gasteiger partial charge in [0.05, 0.1) is 38.6 Å². The standard InChI is InChI=1S/C57H109NO18/c1-3-4-5-6-7-8-9-10-11-12-13-14-15-16-17-18-19-20-21-22-23-24-25-26-27-28-29-30-31-32-33-34-35-42(63)41(58-40(2)62)39-71-55-51(69)48(66)53(44(37-60)73-55)76-57-52(70)49(67)54(45(38-61)74-57)75-56-50(68)47(65)46(64)43(36-59)72-56/h41-57,59-61,63-70H,3-39H2,1-2H3,(H,58,62). The molecule has 0 aromatic rings. The topological polar surface area (TPSA) is 307 Å². The molecule has 0 spiro atoms. The average Bonchev–Trinajstić information content (AvgIpc) is 3.41. The van der Waals surface area contributed by atoms with Gasteiger partial charge in [0.2, 0.25) is 5.91 Å². The number of carbonyl (C=O) groups excluding carboxylic acids is 1. The highest BCUT2D eigenvalue weighted by molar-refractivity contribution is 5.73. The molecule has 0 radical (unpaired) electrons. The van der Waals surface area contributed by atoms with Gasteiger partial charge < -0.3 is 89.9 Å². The van der Waals surface area contributed by atoms with Gasteiger partial charge in [0.1, 0.15) is 73.2 Å². The van der Waals surface area contributed by atoms with Crippen molar-refractivity contribution < 1.29 is 89.4 Å². The number of ether oxygens (including phenoxy) is 6. The summed E-state index contributed by atoms with van der Waals surface area (Å²) in [5, 5.41) is 118. The highest BCUT2D eigenvalue weighted by Gasteiger charge is 2.53. The molecule has 3 aliphatic rings. The van der Waals surface area contributed by atoms with Crippen molar-refractivity contribution in [2.24, 2.45) is 0 Å². The van der Waals surface area contributed by atoms with Crippen LogP contribution in [0.25, 0.3) is 0 Å². The Balaban J connectivity index is 1.20. The summed E-state index contributed by atoms with van der Waals surface area (Å²) in [7, 11) is 0. The maximum Gasteiger partial charge on any atom is 0.217 e. The summed E-state index contributed by atoms with van der Waals surface area (Å²) in [6.07, 6.45) is 16.5. The summed E-state index contributed by atoms with van der Waals surface area (Å²) < 4.78 is 33.8. The van der Waals surface area contributed by atoms with Gasteiger partial charge in [-0.05, 0) is 6.42 Å². The van der Waals surface area contributed by atoms with Crippen LogP contribution in [0.15, 0.2) is 0 Å². The molecule has 0 saturated carbocycles. The molecule has 450 valence electrons. The van der Waals surface area contributed by atoms with Crippen LogP contribution in [-0.2, 0) is 33.2 Å². The van der Waals surface area contributed by atoms with Crippen LogP contribution in [0, 0.1) is 0 Å². The second kappa shape index (κ2) is 41.7. The molecule has 0 aromatic carbocycles. The minimum atomic E-state index is -1.96. The molecule has 0 bridgehead atoms. The second-order valence-corrected chi connectivity index (χ2v) is 22.3. The first-order valence-electron chi connectivity index (χ1n) is 30.2. The van der Waals surface area contributed by atoms with E-state index in [1.165, 1.54) is 187 Å². The molecule has 3 heterocycles. The molecule has 3 aliphatic heterocycles. The predicted molar refractivity (Wildman–Crippen MR) is 287 cm³/mol. The van der Waals surface area contributed by atoms with Gasteiger partial charge in [-0.25, -0.2) is 0 Å². The fourth-order valence-corrected chi connectivity index (χ4v) is 10.8. The number of aliphatic hydroxyl groups excluding tert-OH is 11. The molecule has 17 unspecified atom stereocenters. The van der Waals surface area contributed by atoms with E-state index in [0.29, 0.717) is 6.42 Å². The van der Waals surface area contributed by atoms with Crippen LogP contribution in [0.2, 0.25) is 0 Å². The van der Waals surface area contributed by atoms with Crippen molar-refractivity contribution in [3.8, 4) is 0 Å². The normalized spacial score (nSPS) is 30.9. The minimum absolute atomic E-state index is 0.316. The van der Waals surface area contributed by atoms with E-state index in [-0.39, 0.29) is 6.61 Å². The number of unbranched alkanes of at least 4 members (excludes halogenated alkanes) is 31. The summed E-state index contributed by atoms with van der Waals surface area (Å²) in [5.74, 6) is -0.416. The van der Waals surface area contributed by atoms with E-state index in [1.807, 2.05) is 0 Å². The zero-order valence-electron chi connectivity index (χ0n) is 46.8. The van der Waals surface area contributed by atoms with E-state index < -0.39 is 130 Å². The Hall–Kier alpha value is -1.21. The largest absolute Gasteiger partial charge is 0.394 e. The number of rotatable bonds is 45. The molecular formula is C57H109NO18. The molecule has 3 saturated heterocycles. The number of hydrogen-bond donors (Lipinski definition) is 12. The molecule has 17 atom stereocenters. The zero-order valence-corrected chi connectivity index (χ0v) is 46.8. The second-order valence-electron chi connectivity index (χ2n) is 22.3. The summed E-state index contributed by atoms with van der Waals surface area (Å²) in [6, 6.07) is -0.883. The predicted octanol–water partition coefficient (Wildman–Crippen LogP) is 5.21. The van der Waals surface area contributed by atoms with Crippen molar-refractivity contribution in [3.05, 3.63) is 0 Å². The molecule has 0 aliphatic carbocycles. The van der Waals surface area contributed by atoms with Gasteiger partial charge in [-0.1, -0.05) is 212 Å². The van der Waals surface area contributed by atoms with E-state index in [4.69, 9.17) is 28.4 Å². The quantitative estimate of drug-likeness (QED) is 0.0348. The third-order valence-corrected chi connectivity index (χ3v) is 15.7. The number of nitrogens with one attached hydrogen (secondary N) is 1. The van der Waals surface area contributed by atoms with Crippen molar-refractivity contribution in [1.82, 2.24) is 5.32 Å². The molecule has 3 fully saturated rings. The van der Waals surface area contributed by atoms with E-state index in [9.17, 15) is 61.0 Å². The Kier molecular flexibility index (Phi) is 37.9. The maximum atomic E-state index is 12.1. The molecule has 3 rings (SSSR count). The van der Waals surface area contributed by atoms with E-state index in [2.05, 4.69) is 12.2 Å². The lowest BCUT2D eigenvalue weighted by Crippen LogP contribution is -2.66. The van der Waals surface area contributed by atoms with Crippen LogP contribution in [-0.4, -0.2) is 193 Å². The Bertz CT molecular complexity index is 1400. The fourth-order valence-electron chi connectivity index (χ4n) is 10.8. The number of amides is 1. The number of hydrogen-bond acceptors (Lipinski definition) is 18. The fraction of sp³-hybridized carbons (Fsp3) is 0.982. The lowest BCUT2D eigenvalue weighted by Gasteiger charge is -2.48. The third kappa shape index (κ3) is 26.1. The Morgan fingerprint density at radius 2 is 0.724 bits per heavy atom. The van der Waals surface area contributed by atoms with Gasteiger partial charge in [0.25, 0.3) is 0 Å². The monoisotopic (exact) mass is 1100 g/mol. The molecule has 19 nitrogen and oxygen atoms in total. The van der Waals surface area contributed by atoms with Crippen molar-refractivity contribution in [1.29, 1.82) is 0 Å². The first kappa shape index (κ1) is 69.1. The van der Waals surface area contributed by atoms with Crippen molar-refractivity contribution in [2.45, 2.75) is 330 Å². The van der Waals surface area contributed by atoms with Crippen LogP contribution in [0.5, 0.6) is 0 Å². The lowest BCUT2D eigenvalue weighted by molar-refractivity contribution is -0.379. The molecule has 76 heavy (non-hydrogen) atoms. The molecule has 0 aromatic heterocycles. The highest BCUT2D eigenvalue weighted by atomic mass is 16.8. The highest BCUT2D eigenvalue weighted by Crippen LogP contribution is 2.33. The number of aliphatic hydroxyl groups is 11. The van der Waals surface area contributed by atoms with Gasteiger partial charge in [-0.3, -0.25) is 4.79 Å². The summed E-state index contributed by atoms with van der Waals surface area (Å²) >= 11 is 0. The summed E-state index contributed by atoms with van der Waals surface area (Å²) in [6.45, 7) is 0.871. The van der Waals surface area contributed by atoms with Gasteiger partial charge in [0.15, 0.2) is 18.9 Å². The van der Waals surface area contributed by atoms with Crippen LogP contribution >= 0.6 is 0 Å². The molecule has 12 N–H and O–H groups in total. The van der Waals surface area contributed by atoms with Gasteiger partial charge in [0, 0.05) is 6.92 Å². The SMILES string of the molecule is CCCCCCCCCCCCCCCCCCCCCCCCCCCCCCCCCCC(O)C(COC1OC(CO)C(OC2OC(CO)C(OC3OC(CO)C(O)C(O)C3O)C(O)C2O)C(O)C1O)NC(C)=O. The first-order chi connectivity index (χ1) is 36.8. The minimum Gasteiger partial charge on any atom is -0.394 e. The van der Waals surface area contributed by atoms with Crippen LogP contribution < -0.4 is 5.32 Å². The Labute approximate surface area is 455 Å². The van der Waals surface area contributed by atoms with Crippen molar-refractivity contribution in [2.75, 3.05) is 26.4 Å². The van der Waals surface area contributed by atoms with E-state index in [1.54, 1.807) is 0 Å². The third-order valence-electron chi connectivity index (χ3n) is 15.7. The zero-order chi connectivity index (χ0) is 55.5. The number of carbonyl (C=O) groups is 1. The summed E-state index contributed by atoms with van der Waals surface area (Å²) in [4.78, 5) is 12.1. The molecule has 1 amide bonds. The van der Waals surface area contributed by atoms with Gasteiger partial charge in [-0.15, -0.1) is 0 Å². The van der Waals surface area contributed by atoms with E-state index >= 15 is 0 Å². The van der Waals surface area contributed by atoms with Crippen molar-refractivity contribution >= 4 is 5.91 Å². The van der Waals surface area contributed by atoms with Crippen LogP contribution in [0.1, 0.15) is 226 Å². The average molecular weight is 1100 g/mol. The van der Waals surface area contributed by atoms with Gasteiger partial charge >= 0.3 is 0 Å². The van der Waals surface area contributed by atoms with Crippen LogP contribution in [0.3, 0.4) is 0 Å². The Morgan fingerprint density at radius 1 is 0.421 bits per heavy atom. The summed E-state index contributed by atoms with van der Waals surface area (Å²) in [5.41, 5.74) is 0. The van der Waals surface area contributed by atoms with E-state index in [0.717, 1.165) is 25.7 Å². The molecule has 19 heteroatoms. The smallest absolute Gasteiger partial charge is 0.217 e.